The Bertz CT molecular complexity index is 366. The van der Waals surface area contributed by atoms with Gasteiger partial charge in [0.2, 0.25) is 5.91 Å². The van der Waals surface area contributed by atoms with Gasteiger partial charge in [0, 0.05) is 19.0 Å². The molecule has 0 radical (unpaired) electrons. The number of aliphatic hydroxyl groups is 1. The minimum absolute atomic E-state index is 0.0333. The van der Waals surface area contributed by atoms with E-state index >= 15 is 0 Å². The summed E-state index contributed by atoms with van der Waals surface area (Å²) in [5.41, 5.74) is -0.797. The van der Waals surface area contributed by atoms with Crippen LogP contribution < -0.4 is 0 Å². The molecule has 0 aromatic rings. The van der Waals surface area contributed by atoms with Gasteiger partial charge in [0.15, 0.2) is 0 Å². The Kier molecular flexibility index (Phi) is 4.13. The minimum Gasteiger partial charge on any atom is -0.481 e. The SMILES string of the molecule is CC1(O)CCCN(C(=O)C2CCCC(C(=O)O)C2)C1. The van der Waals surface area contributed by atoms with Crippen molar-refractivity contribution in [3.8, 4) is 0 Å². The van der Waals surface area contributed by atoms with Crippen molar-refractivity contribution in [1.82, 2.24) is 4.90 Å². The number of hydrogen-bond acceptors (Lipinski definition) is 3. The van der Waals surface area contributed by atoms with Crippen LogP contribution in [0.5, 0.6) is 0 Å². The zero-order valence-electron chi connectivity index (χ0n) is 11.5. The van der Waals surface area contributed by atoms with Crippen molar-refractivity contribution >= 4 is 11.9 Å². The van der Waals surface area contributed by atoms with Crippen LogP contribution in [-0.2, 0) is 9.59 Å². The standard InChI is InChI=1S/C14H23NO4/c1-14(19)6-3-7-15(9-14)12(16)10-4-2-5-11(8-10)13(17)18/h10-11,19H,2-9H2,1H3,(H,17,18). The van der Waals surface area contributed by atoms with Crippen molar-refractivity contribution < 1.29 is 19.8 Å². The van der Waals surface area contributed by atoms with E-state index in [1.54, 1.807) is 11.8 Å². The van der Waals surface area contributed by atoms with Gasteiger partial charge in [-0.2, -0.15) is 0 Å². The first-order valence-corrected chi connectivity index (χ1v) is 7.13. The third-order valence-electron chi connectivity index (χ3n) is 4.36. The summed E-state index contributed by atoms with van der Waals surface area (Å²) in [6.45, 7) is 2.82. The van der Waals surface area contributed by atoms with Crippen LogP contribution in [0, 0.1) is 11.8 Å². The lowest BCUT2D eigenvalue weighted by molar-refractivity contribution is -0.147. The molecule has 1 aliphatic carbocycles. The zero-order valence-corrected chi connectivity index (χ0v) is 11.5. The molecule has 1 heterocycles. The average molecular weight is 269 g/mol. The number of carbonyl (C=O) groups excluding carboxylic acids is 1. The molecule has 19 heavy (non-hydrogen) atoms. The highest BCUT2D eigenvalue weighted by Gasteiger charge is 2.37. The molecule has 0 spiro atoms. The molecule has 3 unspecified atom stereocenters. The highest BCUT2D eigenvalue weighted by molar-refractivity contribution is 5.80. The van der Waals surface area contributed by atoms with Gasteiger partial charge >= 0.3 is 5.97 Å². The van der Waals surface area contributed by atoms with Crippen LogP contribution in [0.4, 0.5) is 0 Å². The molecule has 2 aliphatic rings. The summed E-state index contributed by atoms with van der Waals surface area (Å²) in [5, 5.41) is 19.1. The topological polar surface area (TPSA) is 77.8 Å². The third-order valence-corrected chi connectivity index (χ3v) is 4.36. The van der Waals surface area contributed by atoms with Gasteiger partial charge in [-0.05, 0) is 39.0 Å². The second kappa shape index (κ2) is 5.49. The van der Waals surface area contributed by atoms with Crippen LogP contribution in [0.3, 0.4) is 0 Å². The largest absolute Gasteiger partial charge is 0.481 e. The highest BCUT2D eigenvalue weighted by atomic mass is 16.4. The van der Waals surface area contributed by atoms with Gasteiger partial charge in [0.05, 0.1) is 11.5 Å². The van der Waals surface area contributed by atoms with Crippen molar-refractivity contribution in [3.63, 3.8) is 0 Å². The molecular formula is C14H23NO4. The Labute approximate surface area is 113 Å². The molecule has 1 saturated heterocycles. The number of likely N-dealkylation sites (tertiary alicyclic amines) is 1. The number of β-amino-alcohol motifs (C(OH)–C–C–N with tert-alkyl or cyclic N) is 1. The second-order valence-electron chi connectivity index (χ2n) is 6.26. The van der Waals surface area contributed by atoms with Crippen LogP contribution >= 0.6 is 0 Å². The van der Waals surface area contributed by atoms with E-state index < -0.39 is 11.6 Å². The number of carbonyl (C=O) groups is 2. The molecule has 5 nitrogen and oxygen atoms in total. The van der Waals surface area contributed by atoms with E-state index in [1.165, 1.54) is 0 Å². The van der Waals surface area contributed by atoms with Gasteiger partial charge in [0.25, 0.3) is 0 Å². The van der Waals surface area contributed by atoms with Crippen molar-refractivity contribution in [2.45, 2.75) is 51.0 Å². The van der Waals surface area contributed by atoms with E-state index in [-0.39, 0.29) is 17.7 Å². The van der Waals surface area contributed by atoms with E-state index in [0.717, 1.165) is 25.7 Å². The number of aliphatic carboxylic acids is 1. The fourth-order valence-corrected chi connectivity index (χ4v) is 3.30. The molecule has 0 bridgehead atoms. The number of hydrogen-bond donors (Lipinski definition) is 2. The van der Waals surface area contributed by atoms with Crippen molar-refractivity contribution in [2.75, 3.05) is 13.1 Å². The minimum atomic E-state index is -0.797. The molecule has 3 atom stereocenters. The molecule has 1 saturated carbocycles. The van der Waals surface area contributed by atoms with Crippen molar-refractivity contribution in [3.05, 3.63) is 0 Å². The van der Waals surface area contributed by atoms with Gasteiger partial charge in [-0.3, -0.25) is 9.59 Å². The summed E-state index contributed by atoms with van der Waals surface area (Å²) in [6.07, 6.45) is 4.25. The molecule has 0 aromatic heterocycles. The maximum absolute atomic E-state index is 12.4. The fourth-order valence-electron chi connectivity index (χ4n) is 3.30. The van der Waals surface area contributed by atoms with Gasteiger partial charge in [-0.1, -0.05) is 6.42 Å². The summed E-state index contributed by atoms with van der Waals surface area (Å²) in [7, 11) is 0. The predicted octanol–water partition coefficient (Wildman–Crippen LogP) is 1.25. The summed E-state index contributed by atoms with van der Waals surface area (Å²) in [6, 6.07) is 0. The Balaban J connectivity index is 1.97. The van der Waals surface area contributed by atoms with Crippen molar-refractivity contribution in [1.29, 1.82) is 0 Å². The zero-order chi connectivity index (χ0) is 14.0. The highest BCUT2D eigenvalue weighted by Crippen LogP contribution is 2.32. The molecule has 108 valence electrons. The molecule has 5 heteroatoms. The second-order valence-corrected chi connectivity index (χ2v) is 6.26. The number of piperidine rings is 1. The molecular weight excluding hydrogens is 246 g/mol. The first-order chi connectivity index (χ1) is 8.89. The monoisotopic (exact) mass is 269 g/mol. The number of amides is 1. The number of carboxylic acids is 1. The van der Waals surface area contributed by atoms with Gasteiger partial charge < -0.3 is 15.1 Å². The van der Waals surface area contributed by atoms with Crippen LogP contribution in [0.2, 0.25) is 0 Å². The summed E-state index contributed by atoms with van der Waals surface area (Å²) in [5.74, 6) is -1.31. The first kappa shape index (κ1) is 14.3. The van der Waals surface area contributed by atoms with Crippen LogP contribution in [-0.4, -0.2) is 45.7 Å². The Hall–Kier alpha value is -1.10. The third kappa shape index (κ3) is 3.47. The summed E-state index contributed by atoms with van der Waals surface area (Å²) in [4.78, 5) is 25.2. The lowest BCUT2D eigenvalue weighted by Crippen LogP contribution is -2.50. The Morgan fingerprint density at radius 1 is 1.21 bits per heavy atom. The lowest BCUT2D eigenvalue weighted by Gasteiger charge is -2.39. The lowest BCUT2D eigenvalue weighted by atomic mass is 9.80. The smallest absolute Gasteiger partial charge is 0.306 e. The van der Waals surface area contributed by atoms with Gasteiger partial charge in [0.1, 0.15) is 0 Å². The average Bonchev–Trinajstić information content (AvgIpc) is 2.37. The summed E-state index contributed by atoms with van der Waals surface area (Å²) < 4.78 is 0. The van der Waals surface area contributed by atoms with E-state index in [4.69, 9.17) is 5.11 Å². The van der Waals surface area contributed by atoms with E-state index in [9.17, 15) is 14.7 Å². The van der Waals surface area contributed by atoms with Crippen LogP contribution in [0.15, 0.2) is 0 Å². The van der Waals surface area contributed by atoms with E-state index in [1.807, 2.05) is 0 Å². The maximum atomic E-state index is 12.4. The Morgan fingerprint density at radius 3 is 2.53 bits per heavy atom. The molecule has 1 amide bonds. The molecule has 2 fully saturated rings. The number of carboxylic acid groups (broad SMARTS) is 1. The number of rotatable bonds is 2. The number of nitrogens with zero attached hydrogens (tertiary/aromatic N) is 1. The van der Waals surface area contributed by atoms with Crippen LogP contribution in [0.25, 0.3) is 0 Å². The molecule has 2 N–H and O–H groups in total. The van der Waals surface area contributed by atoms with Gasteiger partial charge in [-0.15, -0.1) is 0 Å². The quantitative estimate of drug-likeness (QED) is 0.791. The summed E-state index contributed by atoms with van der Waals surface area (Å²) >= 11 is 0. The molecule has 1 aliphatic heterocycles. The molecule has 0 aromatic carbocycles. The first-order valence-electron chi connectivity index (χ1n) is 7.13. The Morgan fingerprint density at radius 2 is 1.89 bits per heavy atom. The fraction of sp³-hybridized carbons (Fsp3) is 0.857. The maximum Gasteiger partial charge on any atom is 0.306 e. The van der Waals surface area contributed by atoms with Crippen molar-refractivity contribution in [2.24, 2.45) is 11.8 Å². The van der Waals surface area contributed by atoms with Crippen LogP contribution in [0.1, 0.15) is 45.4 Å². The normalized spacial score (nSPS) is 36.0. The van der Waals surface area contributed by atoms with E-state index in [2.05, 4.69) is 0 Å². The van der Waals surface area contributed by atoms with E-state index in [0.29, 0.717) is 25.9 Å². The van der Waals surface area contributed by atoms with Gasteiger partial charge in [-0.25, -0.2) is 0 Å². The predicted molar refractivity (Wildman–Crippen MR) is 69.5 cm³/mol. The molecule has 2 rings (SSSR count).